The Bertz CT molecular complexity index is 563. The van der Waals surface area contributed by atoms with Crippen molar-refractivity contribution in [1.82, 2.24) is 19.7 Å². The molecule has 0 saturated carbocycles. The van der Waals surface area contributed by atoms with E-state index in [0.717, 1.165) is 45.0 Å². The van der Waals surface area contributed by atoms with Crippen LogP contribution in [-0.2, 0) is 24.4 Å². The van der Waals surface area contributed by atoms with E-state index in [0.29, 0.717) is 6.10 Å². The van der Waals surface area contributed by atoms with Gasteiger partial charge in [0.1, 0.15) is 12.2 Å². The van der Waals surface area contributed by atoms with E-state index in [1.54, 1.807) is 6.33 Å². The third-order valence-electron chi connectivity index (χ3n) is 4.10. The van der Waals surface area contributed by atoms with Crippen LogP contribution in [0.5, 0.6) is 0 Å². The van der Waals surface area contributed by atoms with Crippen LogP contribution in [0.4, 0.5) is 0 Å². The lowest BCUT2D eigenvalue weighted by Gasteiger charge is -2.25. The van der Waals surface area contributed by atoms with Crippen molar-refractivity contribution >= 4 is 0 Å². The number of ether oxygens (including phenoxy) is 1. The molecular formula is C17H24N4O. The zero-order chi connectivity index (χ0) is 15.2. The van der Waals surface area contributed by atoms with Gasteiger partial charge in [0.15, 0.2) is 0 Å². The zero-order valence-corrected chi connectivity index (χ0v) is 13.2. The average molecular weight is 300 g/mol. The molecule has 118 valence electrons. The van der Waals surface area contributed by atoms with Gasteiger partial charge < -0.3 is 4.74 Å². The molecule has 2 aromatic rings. The molecule has 0 bridgehead atoms. The number of rotatable bonds is 7. The van der Waals surface area contributed by atoms with E-state index in [-0.39, 0.29) is 0 Å². The molecule has 0 amide bonds. The lowest BCUT2D eigenvalue weighted by molar-refractivity contribution is 0.0665. The molecule has 1 aromatic carbocycles. The number of nitrogens with zero attached hydrogens (tertiary/aromatic N) is 4. The SMILES string of the molecule is CCn1ncnc1CN(Cc1ccccc1)CC1CCCO1. The van der Waals surface area contributed by atoms with E-state index >= 15 is 0 Å². The predicted molar refractivity (Wildman–Crippen MR) is 85.2 cm³/mol. The van der Waals surface area contributed by atoms with Gasteiger partial charge in [0.25, 0.3) is 0 Å². The van der Waals surface area contributed by atoms with Crippen molar-refractivity contribution in [3.63, 3.8) is 0 Å². The minimum atomic E-state index is 0.349. The van der Waals surface area contributed by atoms with Crippen molar-refractivity contribution in [2.24, 2.45) is 0 Å². The summed E-state index contributed by atoms with van der Waals surface area (Å²) in [5.41, 5.74) is 1.32. The number of benzene rings is 1. The lowest BCUT2D eigenvalue weighted by Crippen LogP contribution is -2.32. The first-order valence-corrected chi connectivity index (χ1v) is 8.09. The van der Waals surface area contributed by atoms with Gasteiger partial charge >= 0.3 is 0 Å². The quantitative estimate of drug-likeness (QED) is 0.788. The summed E-state index contributed by atoms with van der Waals surface area (Å²) in [6, 6.07) is 10.6. The highest BCUT2D eigenvalue weighted by molar-refractivity contribution is 5.14. The van der Waals surface area contributed by atoms with Gasteiger partial charge in [-0.3, -0.25) is 4.90 Å². The standard InChI is InChI=1S/C17H24N4O/c1-2-21-17(18-14-19-21)13-20(12-16-9-6-10-22-16)11-15-7-4-3-5-8-15/h3-5,7-8,14,16H,2,6,9-13H2,1H3. The Morgan fingerprint density at radius 1 is 1.27 bits per heavy atom. The second kappa shape index (κ2) is 7.51. The molecule has 3 rings (SSSR count). The maximum absolute atomic E-state index is 5.81. The van der Waals surface area contributed by atoms with Crippen molar-refractivity contribution in [3.8, 4) is 0 Å². The van der Waals surface area contributed by atoms with Gasteiger partial charge in [0.05, 0.1) is 12.6 Å². The molecule has 5 heteroatoms. The van der Waals surface area contributed by atoms with E-state index in [9.17, 15) is 0 Å². The third-order valence-corrected chi connectivity index (χ3v) is 4.10. The molecule has 0 spiro atoms. The van der Waals surface area contributed by atoms with E-state index in [1.165, 1.54) is 12.0 Å². The van der Waals surface area contributed by atoms with Gasteiger partial charge in [-0.1, -0.05) is 30.3 Å². The maximum Gasteiger partial charge on any atom is 0.141 e. The van der Waals surface area contributed by atoms with Crippen LogP contribution in [0, 0.1) is 0 Å². The van der Waals surface area contributed by atoms with Gasteiger partial charge in [-0.2, -0.15) is 5.10 Å². The minimum Gasteiger partial charge on any atom is -0.377 e. The van der Waals surface area contributed by atoms with Gasteiger partial charge in [0.2, 0.25) is 0 Å². The summed E-state index contributed by atoms with van der Waals surface area (Å²) in [5.74, 6) is 1.02. The van der Waals surface area contributed by atoms with Crippen molar-refractivity contribution in [2.75, 3.05) is 13.2 Å². The van der Waals surface area contributed by atoms with Crippen molar-refractivity contribution in [3.05, 3.63) is 48.0 Å². The van der Waals surface area contributed by atoms with E-state index in [1.807, 2.05) is 4.68 Å². The first-order chi connectivity index (χ1) is 10.8. The molecule has 22 heavy (non-hydrogen) atoms. The summed E-state index contributed by atoms with van der Waals surface area (Å²) in [4.78, 5) is 6.83. The topological polar surface area (TPSA) is 43.2 Å². The maximum atomic E-state index is 5.81. The van der Waals surface area contributed by atoms with E-state index in [2.05, 4.69) is 52.2 Å². The molecule has 0 N–H and O–H groups in total. The van der Waals surface area contributed by atoms with Crippen LogP contribution in [0.1, 0.15) is 31.2 Å². The van der Waals surface area contributed by atoms with Crippen molar-refractivity contribution < 1.29 is 4.74 Å². The fraction of sp³-hybridized carbons (Fsp3) is 0.529. The smallest absolute Gasteiger partial charge is 0.141 e. The molecule has 0 aliphatic carbocycles. The lowest BCUT2D eigenvalue weighted by atomic mass is 10.2. The van der Waals surface area contributed by atoms with Crippen LogP contribution < -0.4 is 0 Å². The summed E-state index contributed by atoms with van der Waals surface area (Å²) in [6.45, 7) is 6.52. The average Bonchev–Trinajstić information content (AvgIpc) is 3.20. The number of aromatic nitrogens is 3. The Hall–Kier alpha value is -1.72. The largest absolute Gasteiger partial charge is 0.377 e. The Balaban J connectivity index is 1.70. The molecule has 1 aromatic heterocycles. The normalized spacial score (nSPS) is 18.2. The number of aryl methyl sites for hydroxylation is 1. The van der Waals surface area contributed by atoms with Crippen molar-refractivity contribution in [2.45, 2.75) is 45.5 Å². The fourth-order valence-electron chi connectivity index (χ4n) is 2.98. The minimum absolute atomic E-state index is 0.349. The molecule has 2 heterocycles. The summed E-state index contributed by atoms with van der Waals surface area (Å²) < 4.78 is 7.78. The molecule has 1 atom stereocenters. The second-order valence-electron chi connectivity index (χ2n) is 5.78. The Morgan fingerprint density at radius 3 is 2.86 bits per heavy atom. The zero-order valence-electron chi connectivity index (χ0n) is 13.2. The van der Waals surface area contributed by atoms with Gasteiger partial charge in [0, 0.05) is 26.2 Å². The summed E-state index contributed by atoms with van der Waals surface area (Å²) >= 11 is 0. The van der Waals surface area contributed by atoms with Crippen molar-refractivity contribution in [1.29, 1.82) is 0 Å². The van der Waals surface area contributed by atoms with Gasteiger partial charge in [-0.05, 0) is 25.3 Å². The second-order valence-corrected chi connectivity index (χ2v) is 5.78. The highest BCUT2D eigenvalue weighted by atomic mass is 16.5. The third kappa shape index (κ3) is 3.93. The molecule has 1 aliphatic heterocycles. The fourth-order valence-corrected chi connectivity index (χ4v) is 2.98. The monoisotopic (exact) mass is 300 g/mol. The molecular weight excluding hydrogens is 276 g/mol. The summed E-state index contributed by atoms with van der Waals surface area (Å²) in [6.07, 6.45) is 4.33. The van der Waals surface area contributed by atoms with Gasteiger partial charge in [-0.25, -0.2) is 9.67 Å². The first-order valence-electron chi connectivity index (χ1n) is 8.09. The number of hydrogen-bond donors (Lipinski definition) is 0. The number of hydrogen-bond acceptors (Lipinski definition) is 4. The highest BCUT2D eigenvalue weighted by Crippen LogP contribution is 2.16. The Labute approximate surface area is 131 Å². The highest BCUT2D eigenvalue weighted by Gasteiger charge is 2.20. The predicted octanol–water partition coefficient (Wildman–Crippen LogP) is 2.48. The first kappa shape index (κ1) is 15.2. The molecule has 1 saturated heterocycles. The van der Waals surface area contributed by atoms with Crippen LogP contribution in [-0.4, -0.2) is 38.9 Å². The van der Waals surface area contributed by atoms with Crippen LogP contribution in [0.25, 0.3) is 0 Å². The molecule has 5 nitrogen and oxygen atoms in total. The Kier molecular flexibility index (Phi) is 5.19. The molecule has 1 fully saturated rings. The Morgan fingerprint density at radius 2 is 2.14 bits per heavy atom. The summed E-state index contributed by atoms with van der Waals surface area (Å²) in [5, 5.41) is 4.27. The van der Waals surface area contributed by atoms with Gasteiger partial charge in [-0.15, -0.1) is 0 Å². The molecule has 0 radical (unpaired) electrons. The van der Waals surface area contributed by atoms with E-state index < -0.39 is 0 Å². The molecule has 1 unspecified atom stereocenters. The van der Waals surface area contributed by atoms with Crippen LogP contribution in [0.2, 0.25) is 0 Å². The summed E-state index contributed by atoms with van der Waals surface area (Å²) in [7, 11) is 0. The molecule has 1 aliphatic rings. The van der Waals surface area contributed by atoms with E-state index in [4.69, 9.17) is 4.74 Å². The van der Waals surface area contributed by atoms with Crippen LogP contribution in [0.3, 0.4) is 0 Å². The van der Waals surface area contributed by atoms with Crippen LogP contribution in [0.15, 0.2) is 36.7 Å². The van der Waals surface area contributed by atoms with Crippen LogP contribution >= 0.6 is 0 Å².